The van der Waals surface area contributed by atoms with Crippen molar-refractivity contribution in [1.29, 1.82) is 0 Å². The van der Waals surface area contributed by atoms with Crippen LogP contribution in [0.3, 0.4) is 0 Å². The van der Waals surface area contributed by atoms with Gasteiger partial charge in [-0.2, -0.15) is 9.50 Å². The predicted octanol–water partition coefficient (Wildman–Crippen LogP) is 2.89. The minimum atomic E-state index is -0.223. The summed E-state index contributed by atoms with van der Waals surface area (Å²) >= 11 is 0. The van der Waals surface area contributed by atoms with Gasteiger partial charge in [0.15, 0.2) is 5.82 Å². The van der Waals surface area contributed by atoms with E-state index in [0.29, 0.717) is 23.0 Å². The molecule has 1 N–H and O–H groups in total. The molecule has 1 aliphatic rings. The second-order valence-electron chi connectivity index (χ2n) is 7.50. The van der Waals surface area contributed by atoms with Gasteiger partial charge in [0.25, 0.3) is 5.56 Å². The van der Waals surface area contributed by atoms with Gasteiger partial charge in [0, 0.05) is 23.4 Å². The molecule has 0 saturated heterocycles. The number of amides is 1. The van der Waals surface area contributed by atoms with Gasteiger partial charge in [0.2, 0.25) is 11.7 Å². The number of benzene rings is 1. The van der Waals surface area contributed by atoms with Crippen molar-refractivity contribution < 1.29 is 9.53 Å². The number of hydrogen-bond acceptors (Lipinski definition) is 5. The molecule has 1 aliphatic carbocycles. The number of fused-ring (bicyclic) bond motifs is 1. The molecule has 0 aliphatic heterocycles. The van der Waals surface area contributed by atoms with Crippen LogP contribution in [0.5, 0.6) is 5.75 Å². The second-order valence-corrected chi connectivity index (χ2v) is 7.50. The maximum absolute atomic E-state index is 12.6. The van der Waals surface area contributed by atoms with Gasteiger partial charge in [0.05, 0.1) is 7.11 Å². The average Bonchev–Trinajstić information content (AvgIpc) is 3.18. The summed E-state index contributed by atoms with van der Waals surface area (Å²) in [6.07, 6.45) is 5.65. The summed E-state index contributed by atoms with van der Waals surface area (Å²) in [5.41, 5.74) is 1.13. The zero-order chi connectivity index (χ0) is 20.4. The van der Waals surface area contributed by atoms with Crippen LogP contribution in [0, 0.1) is 6.92 Å². The van der Waals surface area contributed by atoms with Gasteiger partial charge in [0.1, 0.15) is 12.3 Å². The third-order valence-electron chi connectivity index (χ3n) is 5.46. The zero-order valence-electron chi connectivity index (χ0n) is 16.7. The van der Waals surface area contributed by atoms with E-state index in [0.717, 1.165) is 31.4 Å². The topological polar surface area (TPSA) is 90.5 Å². The fourth-order valence-electron chi connectivity index (χ4n) is 3.86. The van der Waals surface area contributed by atoms with Gasteiger partial charge < -0.3 is 14.6 Å². The largest absolute Gasteiger partial charge is 0.497 e. The molecule has 2 heterocycles. The van der Waals surface area contributed by atoms with Crippen molar-refractivity contribution in [3.63, 3.8) is 0 Å². The number of rotatable bonds is 5. The number of aromatic nitrogens is 4. The number of nitrogens with zero attached hydrogens (tertiary/aromatic N) is 4. The number of anilines is 1. The summed E-state index contributed by atoms with van der Waals surface area (Å²) in [5, 5.41) is 7.34. The van der Waals surface area contributed by atoms with E-state index in [1.54, 1.807) is 42.9 Å². The molecule has 1 aromatic carbocycles. The summed E-state index contributed by atoms with van der Waals surface area (Å²) < 4.78 is 8.19. The Hall–Kier alpha value is -3.16. The first-order valence-corrected chi connectivity index (χ1v) is 9.96. The first-order chi connectivity index (χ1) is 14.0. The number of carbonyl (C=O) groups is 1. The zero-order valence-corrected chi connectivity index (χ0v) is 16.7. The molecule has 3 aromatic rings. The lowest BCUT2D eigenvalue weighted by Gasteiger charge is -2.17. The van der Waals surface area contributed by atoms with E-state index in [1.165, 1.54) is 17.0 Å². The van der Waals surface area contributed by atoms with Crippen LogP contribution in [-0.2, 0) is 11.3 Å². The Labute approximate surface area is 168 Å². The van der Waals surface area contributed by atoms with Gasteiger partial charge in [-0.1, -0.05) is 19.3 Å². The summed E-state index contributed by atoms with van der Waals surface area (Å²) in [6, 6.07) is 8.62. The summed E-state index contributed by atoms with van der Waals surface area (Å²) in [7, 11) is 1.60. The Morgan fingerprint density at radius 3 is 2.62 bits per heavy atom. The number of aryl methyl sites for hydroxylation is 1. The minimum Gasteiger partial charge on any atom is -0.497 e. The van der Waals surface area contributed by atoms with E-state index in [4.69, 9.17) is 4.74 Å². The Balaban J connectivity index is 1.60. The maximum Gasteiger partial charge on any atom is 0.275 e. The van der Waals surface area contributed by atoms with E-state index in [2.05, 4.69) is 15.4 Å². The summed E-state index contributed by atoms with van der Waals surface area (Å²) in [5.74, 6) is 1.92. The standard InChI is InChI=1S/C21H25N5O3/c1-14-12-19(28)26-21(23-20(24-26)15-6-4-3-5-7-15)25(14)13-18(27)22-16-8-10-17(29-2)11-9-16/h8-12,15H,3-7,13H2,1-2H3,(H,22,27). The van der Waals surface area contributed by atoms with Crippen molar-refractivity contribution >= 4 is 17.4 Å². The maximum atomic E-state index is 12.6. The number of methoxy groups -OCH3 is 1. The lowest BCUT2D eigenvalue weighted by Crippen LogP contribution is -2.25. The molecule has 152 valence electrons. The van der Waals surface area contributed by atoms with E-state index in [9.17, 15) is 9.59 Å². The predicted molar refractivity (Wildman–Crippen MR) is 109 cm³/mol. The van der Waals surface area contributed by atoms with E-state index in [1.807, 2.05) is 0 Å². The van der Waals surface area contributed by atoms with Crippen molar-refractivity contribution in [2.24, 2.45) is 0 Å². The van der Waals surface area contributed by atoms with Crippen LogP contribution in [0.1, 0.15) is 49.5 Å². The first kappa shape index (κ1) is 19.2. The number of carbonyl (C=O) groups excluding carboxylic acids is 1. The SMILES string of the molecule is COc1ccc(NC(=O)Cn2c(C)cc(=O)n3nc(C4CCCCC4)nc23)cc1. The van der Waals surface area contributed by atoms with Crippen molar-refractivity contribution in [3.8, 4) is 5.75 Å². The molecule has 0 unspecified atom stereocenters. The van der Waals surface area contributed by atoms with E-state index < -0.39 is 0 Å². The summed E-state index contributed by atoms with van der Waals surface area (Å²) in [6.45, 7) is 1.85. The quantitative estimate of drug-likeness (QED) is 0.717. The highest BCUT2D eigenvalue weighted by Crippen LogP contribution is 2.30. The number of nitrogens with one attached hydrogen (secondary N) is 1. The minimum absolute atomic E-state index is 0.0461. The molecule has 0 atom stereocenters. The van der Waals surface area contributed by atoms with Crippen LogP contribution in [0.15, 0.2) is 35.1 Å². The third kappa shape index (κ3) is 4.01. The van der Waals surface area contributed by atoms with Crippen molar-refractivity contribution in [3.05, 3.63) is 52.2 Å². The van der Waals surface area contributed by atoms with Gasteiger partial charge in [-0.05, 0) is 44.0 Å². The van der Waals surface area contributed by atoms with E-state index >= 15 is 0 Å². The van der Waals surface area contributed by atoms with E-state index in [-0.39, 0.29) is 23.9 Å². The molecule has 29 heavy (non-hydrogen) atoms. The molecular formula is C21H25N5O3. The molecule has 1 amide bonds. The van der Waals surface area contributed by atoms with Crippen LogP contribution in [0.4, 0.5) is 5.69 Å². The fourth-order valence-corrected chi connectivity index (χ4v) is 3.86. The fraction of sp³-hybridized carbons (Fsp3) is 0.429. The lowest BCUT2D eigenvalue weighted by molar-refractivity contribution is -0.116. The average molecular weight is 395 g/mol. The second kappa shape index (κ2) is 8.06. The molecule has 0 spiro atoms. The monoisotopic (exact) mass is 395 g/mol. The first-order valence-electron chi connectivity index (χ1n) is 9.96. The van der Waals surface area contributed by atoms with Crippen LogP contribution in [-0.4, -0.2) is 32.2 Å². The third-order valence-corrected chi connectivity index (χ3v) is 5.46. The molecule has 0 bridgehead atoms. The Bertz CT molecular complexity index is 1080. The molecule has 4 rings (SSSR count). The molecule has 8 heteroatoms. The highest BCUT2D eigenvalue weighted by molar-refractivity contribution is 5.90. The number of hydrogen-bond donors (Lipinski definition) is 1. The Kier molecular flexibility index (Phi) is 5.33. The van der Waals surface area contributed by atoms with Crippen LogP contribution in [0.2, 0.25) is 0 Å². The molecule has 2 aromatic heterocycles. The molecule has 0 radical (unpaired) electrons. The van der Waals surface area contributed by atoms with Crippen LogP contribution in [0.25, 0.3) is 5.78 Å². The summed E-state index contributed by atoms with van der Waals surface area (Å²) in [4.78, 5) is 29.7. The van der Waals surface area contributed by atoms with Gasteiger partial charge in [-0.25, -0.2) is 0 Å². The van der Waals surface area contributed by atoms with Crippen LogP contribution < -0.4 is 15.6 Å². The van der Waals surface area contributed by atoms with Crippen molar-refractivity contribution in [1.82, 2.24) is 19.2 Å². The van der Waals surface area contributed by atoms with Gasteiger partial charge in [-0.15, -0.1) is 5.10 Å². The Morgan fingerprint density at radius 2 is 1.93 bits per heavy atom. The van der Waals surface area contributed by atoms with Gasteiger partial charge >= 0.3 is 0 Å². The molecular weight excluding hydrogens is 370 g/mol. The highest BCUT2D eigenvalue weighted by atomic mass is 16.5. The van der Waals surface area contributed by atoms with Crippen LogP contribution >= 0.6 is 0 Å². The van der Waals surface area contributed by atoms with Gasteiger partial charge in [-0.3, -0.25) is 9.59 Å². The van der Waals surface area contributed by atoms with Crippen molar-refractivity contribution in [2.75, 3.05) is 12.4 Å². The smallest absolute Gasteiger partial charge is 0.275 e. The number of ether oxygens (including phenoxy) is 1. The molecule has 1 saturated carbocycles. The Morgan fingerprint density at radius 1 is 1.21 bits per heavy atom. The molecule has 8 nitrogen and oxygen atoms in total. The highest BCUT2D eigenvalue weighted by Gasteiger charge is 2.22. The van der Waals surface area contributed by atoms with Crippen molar-refractivity contribution in [2.45, 2.75) is 51.5 Å². The lowest BCUT2D eigenvalue weighted by atomic mass is 9.89. The normalized spacial score (nSPS) is 14.8. The molecule has 1 fully saturated rings.